The first-order chi connectivity index (χ1) is 12.6. The zero-order chi connectivity index (χ0) is 18.1. The highest BCUT2D eigenvalue weighted by Gasteiger charge is 2.52. The number of benzene rings is 2. The lowest BCUT2D eigenvalue weighted by Gasteiger charge is -2.59. The van der Waals surface area contributed by atoms with Gasteiger partial charge in [0, 0.05) is 36.8 Å². The standard InChI is InChI=1S/C22H27N3O/c1-17-8-10-18(11-9-17)20-22(16-24(20)2)12-14-25(15-13-22)21(26)23-19-6-4-3-5-7-19/h3-11,20H,12-16H2,1-2H3,(H,23,26). The van der Waals surface area contributed by atoms with Crippen LogP contribution in [0.1, 0.15) is 30.0 Å². The molecule has 1 atom stereocenters. The van der Waals surface area contributed by atoms with Gasteiger partial charge in [0.25, 0.3) is 0 Å². The molecular formula is C22H27N3O. The van der Waals surface area contributed by atoms with Crippen molar-refractivity contribution in [3.8, 4) is 0 Å². The first kappa shape index (κ1) is 17.1. The molecule has 1 N–H and O–H groups in total. The number of piperidine rings is 1. The molecule has 4 rings (SSSR count). The monoisotopic (exact) mass is 349 g/mol. The second-order valence-electron chi connectivity index (χ2n) is 7.87. The number of carbonyl (C=O) groups is 1. The lowest BCUT2D eigenvalue weighted by atomic mass is 9.63. The van der Waals surface area contributed by atoms with Crippen LogP contribution in [0.25, 0.3) is 0 Å². The molecule has 0 bridgehead atoms. The molecular weight excluding hydrogens is 322 g/mol. The van der Waals surface area contributed by atoms with E-state index in [0.29, 0.717) is 11.5 Å². The molecule has 2 aliphatic heterocycles. The summed E-state index contributed by atoms with van der Waals surface area (Å²) in [6, 6.07) is 19.1. The molecule has 136 valence electrons. The van der Waals surface area contributed by atoms with E-state index in [1.165, 1.54) is 11.1 Å². The smallest absolute Gasteiger partial charge is 0.321 e. The van der Waals surface area contributed by atoms with Gasteiger partial charge in [-0.25, -0.2) is 4.79 Å². The molecule has 2 fully saturated rings. The van der Waals surface area contributed by atoms with Gasteiger partial charge in [-0.15, -0.1) is 0 Å². The molecule has 2 aromatic rings. The third-order valence-electron chi connectivity index (χ3n) is 6.05. The van der Waals surface area contributed by atoms with Crippen molar-refractivity contribution in [1.29, 1.82) is 0 Å². The van der Waals surface area contributed by atoms with Crippen molar-refractivity contribution < 1.29 is 4.79 Å². The van der Waals surface area contributed by atoms with Crippen LogP contribution in [0.4, 0.5) is 10.5 Å². The van der Waals surface area contributed by atoms with Gasteiger partial charge in [-0.3, -0.25) is 4.90 Å². The molecule has 4 heteroatoms. The molecule has 2 aromatic carbocycles. The molecule has 2 amide bonds. The van der Waals surface area contributed by atoms with Crippen LogP contribution in [0.5, 0.6) is 0 Å². The van der Waals surface area contributed by atoms with Crippen molar-refractivity contribution >= 4 is 11.7 Å². The van der Waals surface area contributed by atoms with Gasteiger partial charge in [0.2, 0.25) is 0 Å². The van der Waals surface area contributed by atoms with Gasteiger partial charge in [0.1, 0.15) is 0 Å². The van der Waals surface area contributed by atoms with Gasteiger partial charge in [-0.2, -0.15) is 0 Å². The van der Waals surface area contributed by atoms with Crippen LogP contribution in [0.3, 0.4) is 0 Å². The van der Waals surface area contributed by atoms with E-state index in [9.17, 15) is 4.79 Å². The molecule has 0 aromatic heterocycles. The maximum atomic E-state index is 12.5. The fourth-order valence-corrected chi connectivity index (χ4v) is 4.70. The number of hydrogen-bond donors (Lipinski definition) is 1. The van der Waals surface area contributed by atoms with Gasteiger partial charge in [0.15, 0.2) is 0 Å². The number of nitrogens with one attached hydrogen (secondary N) is 1. The first-order valence-electron chi connectivity index (χ1n) is 9.45. The Labute approximate surface area is 155 Å². The van der Waals surface area contributed by atoms with Crippen molar-refractivity contribution in [2.45, 2.75) is 25.8 Å². The Bertz CT molecular complexity index is 764. The molecule has 1 spiro atoms. The van der Waals surface area contributed by atoms with E-state index in [1.54, 1.807) is 0 Å². The molecule has 2 aliphatic rings. The Morgan fingerprint density at radius 2 is 1.69 bits per heavy atom. The van der Waals surface area contributed by atoms with Crippen molar-refractivity contribution in [2.75, 3.05) is 32.0 Å². The summed E-state index contributed by atoms with van der Waals surface area (Å²) in [5.41, 5.74) is 3.88. The Balaban J connectivity index is 1.41. The maximum absolute atomic E-state index is 12.5. The van der Waals surface area contributed by atoms with Gasteiger partial charge in [-0.1, -0.05) is 48.0 Å². The normalized spacial score (nSPS) is 22.1. The van der Waals surface area contributed by atoms with Crippen LogP contribution in [0, 0.1) is 12.3 Å². The quantitative estimate of drug-likeness (QED) is 0.877. The summed E-state index contributed by atoms with van der Waals surface area (Å²) in [6.45, 7) is 4.91. The van der Waals surface area contributed by atoms with Gasteiger partial charge in [-0.05, 0) is 44.5 Å². The number of para-hydroxylation sites is 1. The predicted octanol–water partition coefficient (Wildman–Crippen LogP) is 4.30. The van der Waals surface area contributed by atoms with E-state index < -0.39 is 0 Å². The minimum absolute atomic E-state index is 0.0191. The van der Waals surface area contributed by atoms with Gasteiger partial charge < -0.3 is 10.2 Å². The zero-order valence-electron chi connectivity index (χ0n) is 15.6. The minimum Gasteiger partial charge on any atom is -0.324 e. The van der Waals surface area contributed by atoms with E-state index in [-0.39, 0.29) is 6.03 Å². The Hall–Kier alpha value is -2.33. The summed E-state index contributed by atoms with van der Waals surface area (Å²) in [4.78, 5) is 17.0. The summed E-state index contributed by atoms with van der Waals surface area (Å²) < 4.78 is 0. The molecule has 0 aliphatic carbocycles. The molecule has 0 saturated carbocycles. The number of urea groups is 1. The third kappa shape index (κ3) is 3.10. The summed E-state index contributed by atoms with van der Waals surface area (Å²) in [5.74, 6) is 0. The largest absolute Gasteiger partial charge is 0.324 e. The first-order valence-corrected chi connectivity index (χ1v) is 9.45. The fourth-order valence-electron chi connectivity index (χ4n) is 4.70. The summed E-state index contributed by atoms with van der Waals surface area (Å²) in [6.07, 6.45) is 2.14. The number of hydrogen-bond acceptors (Lipinski definition) is 2. The molecule has 26 heavy (non-hydrogen) atoms. The van der Waals surface area contributed by atoms with Crippen molar-refractivity contribution in [3.05, 3.63) is 65.7 Å². The topological polar surface area (TPSA) is 35.6 Å². The lowest BCUT2D eigenvalue weighted by Crippen LogP contribution is -2.61. The second kappa shape index (κ2) is 6.76. The lowest BCUT2D eigenvalue weighted by molar-refractivity contribution is -0.0915. The van der Waals surface area contributed by atoms with E-state index in [0.717, 1.165) is 38.2 Å². The molecule has 0 radical (unpaired) electrons. The van der Waals surface area contributed by atoms with Crippen molar-refractivity contribution in [3.63, 3.8) is 0 Å². The fraction of sp³-hybridized carbons (Fsp3) is 0.409. The van der Waals surface area contributed by atoms with Crippen LogP contribution in [0.2, 0.25) is 0 Å². The summed E-state index contributed by atoms with van der Waals surface area (Å²) in [7, 11) is 2.21. The van der Waals surface area contributed by atoms with Crippen molar-refractivity contribution in [2.24, 2.45) is 5.41 Å². The zero-order valence-corrected chi connectivity index (χ0v) is 15.6. The van der Waals surface area contributed by atoms with Gasteiger partial charge >= 0.3 is 6.03 Å². The highest BCUT2D eigenvalue weighted by atomic mass is 16.2. The maximum Gasteiger partial charge on any atom is 0.321 e. The SMILES string of the molecule is Cc1ccc(C2N(C)CC23CCN(C(=O)Nc2ccccc2)CC3)cc1. The third-order valence-corrected chi connectivity index (χ3v) is 6.05. The minimum atomic E-state index is 0.0191. The van der Waals surface area contributed by atoms with Crippen LogP contribution in [-0.4, -0.2) is 42.5 Å². The average molecular weight is 349 g/mol. The number of rotatable bonds is 2. The Morgan fingerprint density at radius 1 is 1.04 bits per heavy atom. The molecule has 2 heterocycles. The van der Waals surface area contributed by atoms with Crippen LogP contribution in [-0.2, 0) is 0 Å². The van der Waals surface area contributed by atoms with Crippen LogP contribution < -0.4 is 5.32 Å². The molecule has 2 saturated heterocycles. The number of carbonyl (C=O) groups excluding carboxylic acids is 1. The van der Waals surface area contributed by atoms with Crippen LogP contribution in [0.15, 0.2) is 54.6 Å². The number of nitrogens with zero attached hydrogens (tertiary/aromatic N) is 2. The van der Waals surface area contributed by atoms with E-state index in [2.05, 4.69) is 48.5 Å². The Kier molecular flexibility index (Phi) is 4.45. The molecule has 1 unspecified atom stereocenters. The summed E-state index contributed by atoms with van der Waals surface area (Å²) in [5, 5.41) is 3.01. The van der Waals surface area contributed by atoms with E-state index >= 15 is 0 Å². The molecule has 4 nitrogen and oxygen atoms in total. The number of anilines is 1. The summed E-state index contributed by atoms with van der Waals surface area (Å²) >= 11 is 0. The number of amides is 2. The van der Waals surface area contributed by atoms with E-state index in [1.807, 2.05) is 35.2 Å². The van der Waals surface area contributed by atoms with E-state index in [4.69, 9.17) is 0 Å². The number of likely N-dealkylation sites (tertiary alicyclic amines) is 2. The predicted molar refractivity (Wildman–Crippen MR) is 105 cm³/mol. The Morgan fingerprint density at radius 3 is 2.31 bits per heavy atom. The van der Waals surface area contributed by atoms with Crippen LogP contribution >= 0.6 is 0 Å². The van der Waals surface area contributed by atoms with Gasteiger partial charge in [0.05, 0.1) is 0 Å². The average Bonchev–Trinajstić information content (AvgIpc) is 2.64. The highest BCUT2D eigenvalue weighted by Crippen LogP contribution is 2.54. The second-order valence-corrected chi connectivity index (χ2v) is 7.87. The van der Waals surface area contributed by atoms with Crippen molar-refractivity contribution in [1.82, 2.24) is 9.80 Å². The highest BCUT2D eigenvalue weighted by molar-refractivity contribution is 5.89. The number of aryl methyl sites for hydroxylation is 1.